The van der Waals surface area contributed by atoms with Crippen LogP contribution < -0.4 is 4.90 Å². The molecule has 1 saturated heterocycles. The molecule has 0 aliphatic carbocycles. The van der Waals surface area contributed by atoms with Gasteiger partial charge in [-0.3, -0.25) is 4.79 Å². The lowest BCUT2D eigenvalue weighted by atomic mass is 10.1. The molecule has 0 N–H and O–H groups in total. The zero-order valence-electron chi connectivity index (χ0n) is 16.1. The quantitative estimate of drug-likeness (QED) is 0.635. The van der Waals surface area contributed by atoms with E-state index in [4.69, 9.17) is 11.6 Å². The first-order valence-corrected chi connectivity index (χ1v) is 10.5. The van der Waals surface area contributed by atoms with Crippen molar-refractivity contribution < 1.29 is 18.0 Å². The maximum Gasteiger partial charge on any atom is 0.417 e. The summed E-state index contributed by atoms with van der Waals surface area (Å²) in [5.41, 5.74) is 1.53. The lowest BCUT2D eigenvalue weighted by molar-refractivity contribution is -0.137. The summed E-state index contributed by atoms with van der Waals surface area (Å²) < 4.78 is 38.3. The highest BCUT2D eigenvalue weighted by atomic mass is 35.5. The van der Waals surface area contributed by atoms with Crippen LogP contribution in [-0.2, 0) is 11.0 Å². The SMILES string of the molecule is Cc1ccc(SCC(=O)N2CCN(c3ncc(C(F)(F)F)cc3Cl)CC2)cc1C. The molecule has 2 heterocycles. The number of hydrogen-bond acceptors (Lipinski definition) is 4. The molecule has 29 heavy (non-hydrogen) atoms. The van der Waals surface area contributed by atoms with E-state index in [0.29, 0.717) is 37.7 Å². The second kappa shape index (κ2) is 8.83. The lowest BCUT2D eigenvalue weighted by Crippen LogP contribution is -2.49. The standard InChI is InChI=1S/C20H21ClF3N3OS/c1-13-3-4-16(9-14(13)2)29-12-18(28)26-5-7-27(8-6-26)19-17(21)10-15(11-25-19)20(22,23)24/h3-4,9-11H,5-8,12H2,1-2H3. The first kappa shape index (κ1) is 21.8. The molecule has 156 valence electrons. The Morgan fingerprint density at radius 3 is 2.41 bits per heavy atom. The van der Waals surface area contributed by atoms with Crippen molar-refractivity contribution in [1.82, 2.24) is 9.88 Å². The van der Waals surface area contributed by atoms with Crippen LogP contribution in [0, 0.1) is 13.8 Å². The smallest absolute Gasteiger partial charge is 0.352 e. The number of carbonyl (C=O) groups is 1. The van der Waals surface area contributed by atoms with Gasteiger partial charge in [0.1, 0.15) is 5.82 Å². The minimum atomic E-state index is -4.48. The van der Waals surface area contributed by atoms with Gasteiger partial charge in [-0.2, -0.15) is 13.2 Å². The maximum absolute atomic E-state index is 12.8. The van der Waals surface area contributed by atoms with Crippen LogP contribution in [0.2, 0.25) is 5.02 Å². The van der Waals surface area contributed by atoms with Gasteiger partial charge in [-0.25, -0.2) is 4.98 Å². The van der Waals surface area contributed by atoms with E-state index in [1.165, 1.54) is 22.9 Å². The second-order valence-electron chi connectivity index (χ2n) is 6.93. The molecule has 0 bridgehead atoms. The van der Waals surface area contributed by atoms with Crippen LogP contribution in [0.25, 0.3) is 0 Å². The number of alkyl halides is 3. The van der Waals surface area contributed by atoms with Gasteiger partial charge < -0.3 is 9.80 Å². The van der Waals surface area contributed by atoms with Crippen LogP contribution in [-0.4, -0.2) is 47.7 Å². The van der Waals surface area contributed by atoms with E-state index in [1.54, 1.807) is 4.90 Å². The summed E-state index contributed by atoms with van der Waals surface area (Å²) in [6.07, 6.45) is -3.69. The molecule has 1 aliphatic rings. The Kier molecular flexibility index (Phi) is 6.63. The predicted octanol–water partition coefficient (Wildman–Crippen LogP) is 4.81. The molecule has 3 rings (SSSR count). The molecule has 1 aromatic heterocycles. The summed E-state index contributed by atoms with van der Waals surface area (Å²) in [4.78, 5) is 21.0. The van der Waals surface area contributed by atoms with E-state index in [1.807, 2.05) is 30.9 Å². The molecule has 0 spiro atoms. The summed E-state index contributed by atoms with van der Waals surface area (Å²) in [6, 6.07) is 7.02. The van der Waals surface area contributed by atoms with E-state index in [0.717, 1.165) is 17.2 Å². The highest BCUT2D eigenvalue weighted by molar-refractivity contribution is 8.00. The minimum absolute atomic E-state index is 0.0371. The van der Waals surface area contributed by atoms with Gasteiger partial charge in [0.05, 0.1) is 16.3 Å². The Bertz CT molecular complexity index is 899. The average Bonchev–Trinajstić information content (AvgIpc) is 2.68. The predicted molar refractivity (Wildman–Crippen MR) is 110 cm³/mol. The Hall–Kier alpha value is -1.93. The highest BCUT2D eigenvalue weighted by Gasteiger charge is 2.32. The number of aryl methyl sites for hydroxylation is 2. The number of rotatable bonds is 4. The van der Waals surface area contributed by atoms with Crippen LogP contribution in [0.15, 0.2) is 35.4 Å². The molecule has 0 radical (unpaired) electrons. The van der Waals surface area contributed by atoms with Crippen molar-refractivity contribution >= 4 is 35.1 Å². The molecule has 0 unspecified atom stereocenters. The fraction of sp³-hybridized carbons (Fsp3) is 0.400. The van der Waals surface area contributed by atoms with E-state index in [2.05, 4.69) is 11.1 Å². The maximum atomic E-state index is 12.8. The van der Waals surface area contributed by atoms with E-state index in [-0.39, 0.29) is 10.9 Å². The van der Waals surface area contributed by atoms with Crippen molar-refractivity contribution in [3.8, 4) is 0 Å². The number of thioether (sulfide) groups is 1. The van der Waals surface area contributed by atoms with Crippen LogP contribution in [0.3, 0.4) is 0 Å². The average molecular weight is 444 g/mol. The Labute approximate surface area is 177 Å². The van der Waals surface area contributed by atoms with Crippen LogP contribution in [0.5, 0.6) is 0 Å². The first-order chi connectivity index (χ1) is 13.6. The van der Waals surface area contributed by atoms with Crippen molar-refractivity contribution in [2.75, 3.05) is 36.8 Å². The normalized spacial score (nSPS) is 15.0. The summed E-state index contributed by atoms with van der Waals surface area (Å²) in [5, 5.41) is -0.0371. The van der Waals surface area contributed by atoms with Gasteiger partial charge in [-0.15, -0.1) is 11.8 Å². The summed E-state index contributed by atoms with van der Waals surface area (Å²) in [5.74, 6) is 0.706. The first-order valence-electron chi connectivity index (χ1n) is 9.10. The van der Waals surface area contributed by atoms with E-state index >= 15 is 0 Å². The largest absolute Gasteiger partial charge is 0.417 e. The molecule has 1 aromatic carbocycles. The van der Waals surface area contributed by atoms with Crippen molar-refractivity contribution in [1.29, 1.82) is 0 Å². The zero-order chi connectivity index (χ0) is 21.2. The third-order valence-electron chi connectivity index (χ3n) is 4.92. The molecular formula is C20H21ClF3N3OS. The fourth-order valence-electron chi connectivity index (χ4n) is 3.03. The number of piperazine rings is 1. The monoisotopic (exact) mass is 443 g/mol. The molecule has 9 heteroatoms. The van der Waals surface area contributed by atoms with E-state index in [9.17, 15) is 18.0 Å². The minimum Gasteiger partial charge on any atom is -0.352 e. The molecule has 2 aromatic rings. The number of hydrogen-bond donors (Lipinski definition) is 0. The number of aromatic nitrogens is 1. The van der Waals surface area contributed by atoms with Crippen molar-refractivity contribution in [2.45, 2.75) is 24.9 Å². The third-order valence-corrected chi connectivity index (χ3v) is 6.18. The van der Waals surface area contributed by atoms with Crippen molar-refractivity contribution in [3.05, 3.63) is 52.2 Å². The van der Waals surface area contributed by atoms with E-state index < -0.39 is 11.7 Å². The van der Waals surface area contributed by atoms with Crippen LogP contribution >= 0.6 is 23.4 Å². The molecule has 1 amide bonds. The molecular weight excluding hydrogens is 423 g/mol. The van der Waals surface area contributed by atoms with Crippen molar-refractivity contribution in [2.24, 2.45) is 0 Å². The highest BCUT2D eigenvalue weighted by Crippen LogP contribution is 2.33. The Morgan fingerprint density at radius 1 is 1.14 bits per heavy atom. The van der Waals surface area contributed by atoms with Gasteiger partial charge in [0.15, 0.2) is 0 Å². The Balaban J connectivity index is 1.54. The van der Waals surface area contributed by atoms with Crippen LogP contribution in [0.4, 0.5) is 19.0 Å². The van der Waals surface area contributed by atoms with Gasteiger partial charge in [0, 0.05) is 37.3 Å². The number of halogens is 4. The molecule has 4 nitrogen and oxygen atoms in total. The second-order valence-corrected chi connectivity index (χ2v) is 8.39. The molecule has 1 fully saturated rings. The number of nitrogens with zero attached hydrogens (tertiary/aromatic N) is 3. The molecule has 0 atom stereocenters. The fourth-order valence-corrected chi connectivity index (χ4v) is 4.21. The topological polar surface area (TPSA) is 36.4 Å². The number of benzene rings is 1. The zero-order valence-corrected chi connectivity index (χ0v) is 17.7. The number of amides is 1. The number of pyridine rings is 1. The van der Waals surface area contributed by atoms with Gasteiger partial charge in [-0.1, -0.05) is 17.7 Å². The van der Waals surface area contributed by atoms with Crippen molar-refractivity contribution in [3.63, 3.8) is 0 Å². The van der Waals surface area contributed by atoms with Gasteiger partial charge in [0.2, 0.25) is 5.91 Å². The molecule has 1 aliphatic heterocycles. The summed E-state index contributed by atoms with van der Waals surface area (Å²) in [7, 11) is 0. The van der Waals surface area contributed by atoms with Gasteiger partial charge in [-0.05, 0) is 43.2 Å². The van der Waals surface area contributed by atoms with Gasteiger partial charge >= 0.3 is 6.18 Å². The Morgan fingerprint density at radius 2 is 1.83 bits per heavy atom. The lowest BCUT2D eigenvalue weighted by Gasteiger charge is -2.35. The third kappa shape index (κ3) is 5.36. The van der Waals surface area contributed by atoms with Gasteiger partial charge in [0.25, 0.3) is 0 Å². The number of anilines is 1. The van der Waals surface area contributed by atoms with Crippen LogP contribution in [0.1, 0.15) is 16.7 Å². The summed E-state index contributed by atoms with van der Waals surface area (Å²) >= 11 is 7.52. The molecule has 0 saturated carbocycles. The number of carbonyl (C=O) groups excluding carboxylic acids is 1. The summed E-state index contributed by atoms with van der Waals surface area (Å²) in [6.45, 7) is 5.99.